The first-order valence-corrected chi connectivity index (χ1v) is 8.73. The number of ether oxygens (including phenoxy) is 1. The highest BCUT2D eigenvalue weighted by molar-refractivity contribution is 7.89. The number of rotatable bonds is 3. The van der Waals surface area contributed by atoms with Gasteiger partial charge in [-0.2, -0.15) is 0 Å². The summed E-state index contributed by atoms with van der Waals surface area (Å²) in [6.07, 6.45) is 0. The van der Waals surface area contributed by atoms with Crippen LogP contribution in [0.3, 0.4) is 0 Å². The van der Waals surface area contributed by atoms with Crippen molar-refractivity contribution in [2.75, 3.05) is 38.2 Å². The smallest absolute Gasteiger partial charge is 0.173 e. The topological polar surface area (TPSA) is 73.6 Å². The van der Waals surface area contributed by atoms with Crippen molar-refractivity contribution in [2.45, 2.75) is 4.90 Å². The lowest BCUT2D eigenvalue weighted by atomic mass is 10.2. The predicted octanol–water partition coefficient (Wildman–Crippen LogP) is 1.77. The largest absolute Gasteiger partial charge is 0.593 e. The second-order valence-corrected chi connectivity index (χ2v) is 6.09. The molecular formula is C17H23N3O2S. The molecule has 0 radical (unpaired) electrons. The first kappa shape index (κ1) is 17.6. The third-order valence-corrected chi connectivity index (χ3v) is 4.26. The van der Waals surface area contributed by atoms with E-state index in [4.69, 9.17) is 9.88 Å². The highest BCUT2D eigenvalue weighted by Gasteiger charge is 2.13. The second kappa shape index (κ2) is 9.42. The summed E-state index contributed by atoms with van der Waals surface area (Å²) in [7, 11) is 1.72. The maximum atomic E-state index is 10.5. The molecule has 124 valence electrons. The molecule has 2 aromatic rings. The van der Waals surface area contributed by atoms with Gasteiger partial charge in [-0.15, -0.1) is 5.14 Å². The van der Waals surface area contributed by atoms with E-state index in [1.807, 2.05) is 18.2 Å². The van der Waals surface area contributed by atoms with E-state index in [0.29, 0.717) is 4.90 Å². The molecule has 23 heavy (non-hydrogen) atoms. The molecular weight excluding hydrogens is 310 g/mol. The number of benzene rings is 2. The molecule has 2 aromatic carbocycles. The molecule has 0 amide bonds. The van der Waals surface area contributed by atoms with Gasteiger partial charge in [0.05, 0.1) is 24.2 Å². The highest BCUT2D eigenvalue weighted by atomic mass is 32.2. The zero-order valence-corrected chi connectivity index (χ0v) is 14.1. The van der Waals surface area contributed by atoms with E-state index in [1.54, 1.807) is 31.4 Å². The molecule has 3 N–H and O–H groups in total. The van der Waals surface area contributed by atoms with Crippen LogP contribution in [0.15, 0.2) is 59.5 Å². The SMILES string of the molecule is COc1ccccc1N1CCNCC1.N[S+]([O-])c1ccccc1. The van der Waals surface area contributed by atoms with Gasteiger partial charge in [0.25, 0.3) is 0 Å². The van der Waals surface area contributed by atoms with Gasteiger partial charge < -0.3 is 19.5 Å². The normalized spacial score (nSPS) is 15.3. The average Bonchev–Trinajstić information content (AvgIpc) is 2.63. The number of piperazine rings is 1. The maximum Gasteiger partial charge on any atom is 0.173 e. The minimum Gasteiger partial charge on any atom is -0.593 e. The molecule has 0 spiro atoms. The highest BCUT2D eigenvalue weighted by Crippen LogP contribution is 2.27. The molecule has 0 aliphatic carbocycles. The van der Waals surface area contributed by atoms with Crippen LogP contribution in [-0.2, 0) is 11.4 Å². The summed E-state index contributed by atoms with van der Waals surface area (Å²) in [6.45, 7) is 4.22. The number of hydrogen-bond donors (Lipinski definition) is 2. The molecule has 1 saturated heterocycles. The number of hydrogen-bond acceptors (Lipinski definition) is 5. The zero-order valence-electron chi connectivity index (χ0n) is 13.3. The van der Waals surface area contributed by atoms with Gasteiger partial charge in [-0.3, -0.25) is 0 Å². The van der Waals surface area contributed by atoms with Gasteiger partial charge >= 0.3 is 0 Å². The molecule has 0 aromatic heterocycles. The van der Waals surface area contributed by atoms with E-state index in [9.17, 15) is 4.55 Å². The number of nitrogens with two attached hydrogens (primary N) is 1. The summed E-state index contributed by atoms with van der Waals surface area (Å²) in [5, 5.41) is 8.43. The van der Waals surface area contributed by atoms with E-state index in [2.05, 4.69) is 22.3 Å². The van der Waals surface area contributed by atoms with Crippen LogP contribution in [0.2, 0.25) is 0 Å². The lowest BCUT2D eigenvalue weighted by Crippen LogP contribution is -2.43. The third kappa shape index (κ3) is 5.44. The molecule has 3 rings (SSSR count). The summed E-state index contributed by atoms with van der Waals surface area (Å²) in [5.74, 6) is 0.967. The fourth-order valence-electron chi connectivity index (χ4n) is 2.35. The lowest BCUT2D eigenvalue weighted by Gasteiger charge is -2.30. The number of methoxy groups -OCH3 is 1. The fraction of sp³-hybridized carbons (Fsp3) is 0.294. The van der Waals surface area contributed by atoms with E-state index < -0.39 is 11.4 Å². The van der Waals surface area contributed by atoms with Crippen LogP contribution in [0.5, 0.6) is 5.75 Å². The molecule has 5 nitrogen and oxygen atoms in total. The summed E-state index contributed by atoms with van der Waals surface area (Å²) >= 11 is -1.33. The molecule has 0 saturated carbocycles. The number of para-hydroxylation sites is 2. The van der Waals surface area contributed by atoms with Crippen LogP contribution in [0.1, 0.15) is 0 Å². The number of nitrogens with zero attached hydrogens (tertiary/aromatic N) is 1. The summed E-state index contributed by atoms with van der Waals surface area (Å²) < 4.78 is 15.9. The average molecular weight is 333 g/mol. The van der Waals surface area contributed by atoms with Crippen LogP contribution in [0.25, 0.3) is 0 Å². The van der Waals surface area contributed by atoms with Crippen molar-refractivity contribution in [3.63, 3.8) is 0 Å². The monoisotopic (exact) mass is 333 g/mol. The molecule has 1 unspecified atom stereocenters. The minimum atomic E-state index is -1.33. The molecule has 1 aliphatic heterocycles. The van der Waals surface area contributed by atoms with Crippen molar-refractivity contribution < 1.29 is 9.29 Å². The Hall–Kier alpha value is -1.73. The van der Waals surface area contributed by atoms with Crippen molar-refractivity contribution in [1.82, 2.24) is 5.32 Å². The second-order valence-electron chi connectivity index (χ2n) is 5.02. The summed E-state index contributed by atoms with van der Waals surface area (Å²) in [5.41, 5.74) is 1.21. The Morgan fingerprint density at radius 3 is 2.22 bits per heavy atom. The Labute approximate surface area is 140 Å². The van der Waals surface area contributed by atoms with Gasteiger partial charge in [-0.1, -0.05) is 30.3 Å². The predicted molar refractivity (Wildman–Crippen MR) is 95.1 cm³/mol. The Bertz CT molecular complexity index is 575. The van der Waals surface area contributed by atoms with Gasteiger partial charge in [-0.25, -0.2) is 0 Å². The third-order valence-electron chi connectivity index (χ3n) is 3.52. The molecule has 6 heteroatoms. The molecule has 1 atom stereocenters. The molecule has 0 bridgehead atoms. The van der Waals surface area contributed by atoms with Gasteiger partial charge in [0, 0.05) is 26.2 Å². The summed E-state index contributed by atoms with van der Waals surface area (Å²) in [4.78, 5) is 3.02. The van der Waals surface area contributed by atoms with Crippen molar-refractivity contribution >= 4 is 17.0 Å². The van der Waals surface area contributed by atoms with E-state index in [0.717, 1.165) is 31.9 Å². The standard InChI is InChI=1S/C11H16N2O.C6H7NOS/c1-14-11-5-3-2-4-10(11)13-8-6-12-7-9-13;7-9(8)6-4-2-1-3-5-6/h2-5,12H,6-9H2,1H3;1-5H,7H2. The number of nitrogens with one attached hydrogen (secondary N) is 1. The zero-order chi connectivity index (χ0) is 16.5. The molecule has 1 fully saturated rings. The maximum absolute atomic E-state index is 10.5. The Balaban J connectivity index is 0.000000185. The van der Waals surface area contributed by atoms with Gasteiger partial charge in [0.1, 0.15) is 5.75 Å². The van der Waals surface area contributed by atoms with E-state index in [-0.39, 0.29) is 0 Å². The van der Waals surface area contributed by atoms with Gasteiger partial charge in [-0.05, 0) is 24.3 Å². The van der Waals surface area contributed by atoms with Crippen molar-refractivity contribution in [3.8, 4) is 5.75 Å². The Kier molecular flexibility index (Phi) is 7.22. The van der Waals surface area contributed by atoms with Crippen LogP contribution in [0.4, 0.5) is 5.69 Å². The van der Waals surface area contributed by atoms with Crippen LogP contribution in [0, 0.1) is 0 Å². The van der Waals surface area contributed by atoms with Gasteiger partial charge in [0.2, 0.25) is 0 Å². The first-order chi connectivity index (χ1) is 11.2. The van der Waals surface area contributed by atoms with Gasteiger partial charge in [0.15, 0.2) is 4.90 Å². The van der Waals surface area contributed by atoms with Crippen molar-refractivity contribution in [1.29, 1.82) is 0 Å². The lowest BCUT2D eigenvalue weighted by molar-refractivity contribution is 0.413. The van der Waals surface area contributed by atoms with Crippen molar-refractivity contribution in [2.24, 2.45) is 5.14 Å². The fourth-order valence-corrected chi connectivity index (χ4v) is 2.78. The van der Waals surface area contributed by atoms with E-state index in [1.165, 1.54) is 5.69 Å². The quantitative estimate of drug-likeness (QED) is 0.838. The number of anilines is 1. The first-order valence-electron chi connectivity index (χ1n) is 7.52. The van der Waals surface area contributed by atoms with E-state index >= 15 is 0 Å². The minimum absolute atomic E-state index is 0.664. The Morgan fingerprint density at radius 2 is 1.65 bits per heavy atom. The molecule has 1 heterocycles. The van der Waals surface area contributed by atoms with Crippen LogP contribution >= 0.6 is 0 Å². The van der Waals surface area contributed by atoms with Crippen LogP contribution < -0.4 is 20.1 Å². The van der Waals surface area contributed by atoms with Crippen molar-refractivity contribution in [3.05, 3.63) is 54.6 Å². The molecule has 1 aliphatic rings. The Morgan fingerprint density at radius 1 is 1.04 bits per heavy atom. The summed E-state index contributed by atoms with van der Waals surface area (Å²) in [6, 6.07) is 17.1. The van der Waals surface area contributed by atoms with Crippen LogP contribution in [-0.4, -0.2) is 37.8 Å².